The molecule has 0 spiro atoms. The van der Waals surface area contributed by atoms with Gasteiger partial charge >= 0.3 is 48.9 Å². The largest absolute Gasteiger partial charge is 2.00 e. The summed E-state index contributed by atoms with van der Waals surface area (Å²) in [5.41, 5.74) is 1.21. The molecule has 2 fully saturated rings. The summed E-state index contributed by atoms with van der Waals surface area (Å²) < 4.78 is 47.6. The van der Waals surface area contributed by atoms with Crippen LogP contribution in [0.2, 0.25) is 0 Å². The maximum atomic E-state index is 11.7. The number of rotatable bonds is 6. The van der Waals surface area contributed by atoms with Crippen molar-refractivity contribution in [3.8, 4) is 0 Å². The number of benzene rings is 2. The Morgan fingerprint density at radius 3 is 1.26 bits per heavy atom. The molecule has 0 aliphatic carbocycles. The molecule has 2 aromatic carbocycles. The predicted molar refractivity (Wildman–Crippen MR) is 173 cm³/mol. The standard InChI is InChI=1S/2C13H17NO2S3.Ba/c2*1-13(7-8-19(15,16)10-13)14(12(17)18)9-11-5-3-2-4-6-11;/h2*2-6H,7-10H2,1H3,(H,17,18);/q;;+2/p-2. The van der Waals surface area contributed by atoms with Crippen LogP contribution in [0.15, 0.2) is 60.7 Å². The van der Waals surface area contributed by atoms with E-state index in [1.54, 1.807) is 0 Å². The van der Waals surface area contributed by atoms with E-state index in [4.69, 9.17) is 49.7 Å². The zero-order valence-corrected chi connectivity index (χ0v) is 31.5. The van der Waals surface area contributed by atoms with Gasteiger partial charge in [0.25, 0.3) is 0 Å². The van der Waals surface area contributed by atoms with E-state index in [2.05, 4.69) is 0 Å². The quantitative estimate of drug-likeness (QED) is 0.249. The Morgan fingerprint density at radius 1 is 0.718 bits per heavy atom. The molecule has 0 saturated carbocycles. The van der Waals surface area contributed by atoms with Crippen LogP contribution in [0.4, 0.5) is 0 Å². The molecule has 2 heterocycles. The van der Waals surface area contributed by atoms with Gasteiger partial charge in [-0.1, -0.05) is 69.3 Å². The first-order valence-corrected chi connectivity index (χ1v) is 17.4. The summed E-state index contributed by atoms with van der Waals surface area (Å²) in [6.07, 6.45) is 1.16. The molecule has 0 radical (unpaired) electrons. The second kappa shape index (κ2) is 14.5. The van der Waals surface area contributed by atoms with E-state index in [0.717, 1.165) is 11.1 Å². The number of hydrogen-bond acceptors (Lipinski definition) is 8. The fraction of sp³-hybridized carbons (Fsp3) is 0.462. The van der Waals surface area contributed by atoms with Crippen molar-refractivity contribution in [2.75, 3.05) is 23.0 Å². The molecule has 2 saturated heterocycles. The zero-order chi connectivity index (χ0) is 28.2. The topological polar surface area (TPSA) is 74.8 Å². The Bertz CT molecular complexity index is 1250. The van der Waals surface area contributed by atoms with E-state index in [0.29, 0.717) is 34.6 Å². The van der Waals surface area contributed by atoms with Crippen molar-refractivity contribution in [3.05, 3.63) is 71.8 Å². The Morgan fingerprint density at radius 2 is 1.03 bits per heavy atom. The van der Waals surface area contributed by atoms with Gasteiger partial charge in [0.1, 0.15) is 0 Å². The first kappa shape index (κ1) is 35.3. The van der Waals surface area contributed by atoms with Crippen LogP contribution in [-0.4, -0.2) is 118 Å². The minimum absolute atomic E-state index is 0. The second-order valence-electron chi connectivity index (χ2n) is 10.4. The van der Waals surface area contributed by atoms with E-state index in [-0.39, 0.29) is 71.9 Å². The summed E-state index contributed by atoms with van der Waals surface area (Å²) in [6.45, 7) is 4.99. The van der Waals surface area contributed by atoms with Crippen molar-refractivity contribution < 1.29 is 16.8 Å². The summed E-state index contributed by atoms with van der Waals surface area (Å²) in [4.78, 5) is 3.75. The smallest absolute Gasteiger partial charge is 0.411 e. The van der Waals surface area contributed by atoms with E-state index in [1.807, 2.05) is 84.3 Å². The molecule has 2 atom stereocenters. The van der Waals surface area contributed by atoms with Gasteiger partial charge < -0.3 is 59.5 Å². The molecule has 6 nitrogen and oxygen atoms in total. The molecule has 13 heteroatoms. The second-order valence-corrected chi connectivity index (χ2v) is 16.8. The van der Waals surface area contributed by atoms with Crippen molar-refractivity contribution in [3.63, 3.8) is 0 Å². The van der Waals surface area contributed by atoms with Gasteiger partial charge in [-0.15, -0.1) is 0 Å². The van der Waals surface area contributed by atoms with E-state index in [9.17, 15) is 16.8 Å². The average Bonchev–Trinajstić information content (AvgIpc) is 3.30. The van der Waals surface area contributed by atoms with Crippen LogP contribution in [0.5, 0.6) is 0 Å². The van der Waals surface area contributed by atoms with Gasteiger partial charge in [-0.25, -0.2) is 16.8 Å². The van der Waals surface area contributed by atoms with E-state index >= 15 is 0 Å². The number of sulfone groups is 2. The molecule has 2 unspecified atom stereocenters. The van der Waals surface area contributed by atoms with E-state index in [1.165, 1.54) is 0 Å². The molecule has 2 aliphatic heterocycles. The van der Waals surface area contributed by atoms with Crippen molar-refractivity contribution in [1.29, 1.82) is 0 Å². The van der Waals surface area contributed by atoms with Crippen LogP contribution in [-0.2, 0) is 58.0 Å². The molecule has 39 heavy (non-hydrogen) atoms. The summed E-state index contributed by atoms with van der Waals surface area (Å²) >= 11 is 20.6. The minimum Gasteiger partial charge on any atom is -0.411 e. The fourth-order valence-corrected chi connectivity index (χ4v) is 10.3. The van der Waals surface area contributed by atoms with Crippen molar-refractivity contribution >= 4 is 127 Å². The molecular formula is C26H32BaN2O4S6. The normalized spacial score (nSPS) is 24.5. The molecule has 4 rings (SSSR count). The molecule has 0 N–H and O–H groups in total. The summed E-state index contributed by atoms with van der Waals surface area (Å²) in [6, 6.07) is 19.7. The van der Waals surface area contributed by atoms with Gasteiger partial charge in [-0.2, -0.15) is 0 Å². The number of thiocarbonyl (C=S) groups is 2. The van der Waals surface area contributed by atoms with Crippen LogP contribution in [0.25, 0.3) is 0 Å². The Balaban J connectivity index is 0.000000267. The monoisotopic (exact) mass is 766 g/mol. The van der Waals surface area contributed by atoms with Gasteiger partial charge in [-0.05, 0) is 37.8 Å². The number of nitrogens with zero attached hydrogens (tertiary/aromatic N) is 2. The molecular weight excluding hydrogens is 734 g/mol. The van der Waals surface area contributed by atoms with Gasteiger partial charge in [0.05, 0.1) is 34.1 Å². The predicted octanol–water partition coefficient (Wildman–Crippen LogP) is 3.41. The maximum Gasteiger partial charge on any atom is 2.00 e. The Hall–Kier alpha value is 0.131. The van der Waals surface area contributed by atoms with Crippen LogP contribution < -0.4 is 0 Å². The van der Waals surface area contributed by atoms with Gasteiger partial charge in [0.15, 0.2) is 19.7 Å². The van der Waals surface area contributed by atoms with Crippen molar-refractivity contribution in [2.24, 2.45) is 0 Å². The van der Waals surface area contributed by atoms with Crippen molar-refractivity contribution in [1.82, 2.24) is 9.80 Å². The maximum absolute atomic E-state index is 11.7. The number of hydrogen-bond donors (Lipinski definition) is 0. The van der Waals surface area contributed by atoms with Gasteiger partial charge in [0.2, 0.25) is 0 Å². The fourth-order valence-electron chi connectivity index (χ4n) is 4.90. The summed E-state index contributed by atoms with van der Waals surface area (Å²) in [5, 5.41) is 0. The Labute approximate surface area is 295 Å². The Kier molecular flexibility index (Phi) is 13.2. The summed E-state index contributed by atoms with van der Waals surface area (Å²) in [7, 11) is -5.94. The third-order valence-electron chi connectivity index (χ3n) is 7.08. The van der Waals surface area contributed by atoms with E-state index < -0.39 is 30.8 Å². The molecule has 2 aliphatic rings. The molecule has 208 valence electrons. The zero-order valence-electron chi connectivity index (χ0n) is 22.1. The van der Waals surface area contributed by atoms with Crippen LogP contribution in [0, 0.1) is 0 Å². The van der Waals surface area contributed by atoms with Gasteiger partial charge in [-0.3, -0.25) is 0 Å². The SMILES string of the molecule is CC1(N(Cc2ccccc2)C(=S)[S-])CCS(=O)(=O)C1.CC1(N(Cc2ccccc2)C(=S)[S-])CCS(=O)(=O)C1.[Ba+2]. The molecule has 0 aromatic heterocycles. The average molecular weight is 766 g/mol. The third-order valence-corrected chi connectivity index (χ3v) is 11.7. The van der Waals surface area contributed by atoms with Crippen LogP contribution in [0.3, 0.4) is 0 Å². The molecule has 2 aromatic rings. The summed E-state index contributed by atoms with van der Waals surface area (Å²) in [5.74, 6) is 0.687. The molecule has 0 amide bonds. The first-order chi connectivity index (χ1) is 17.6. The van der Waals surface area contributed by atoms with Crippen molar-refractivity contribution in [2.45, 2.75) is 50.9 Å². The third kappa shape index (κ3) is 10.1. The molecule has 0 bridgehead atoms. The minimum atomic E-state index is -2.97. The van der Waals surface area contributed by atoms with Gasteiger partial charge in [0, 0.05) is 13.1 Å². The van der Waals surface area contributed by atoms with Crippen LogP contribution >= 0.6 is 24.4 Å². The first-order valence-electron chi connectivity index (χ1n) is 12.1. The van der Waals surface area contributed by atoms with Crippen LogP contribution in [0.1, 0.15) is 37.8 Å².